The molecule has 9 heteroatoms. The molecule has 1 aliphatic rings. The van der Waals surface area contributed by atoms with Gasteiger partial charge in [-0.2, -0.15) is 0 Å². The Morgan fingerprint density at radius 2 is 1.93 bits per heavy atom. The number of aromatic nitrogens is 2. The average Bonchev–Trinajstić information content (AvgIpc) is 3.29. The Kier molecular flexibility index (Phi) is 3.99. The molecule has 1 aromatic carbocycles. The van der Waals surface area contributed by atoms with E-state index in [0.717, 1.165) is 22.3 Å². The van der Waals surface area contributed by atoms with E-state index in [1.54, 1.807) is 0 Å². The van der Waals surface area contributed by atoms with E-state index < -0.39 is 5.91 Å². The summed E-state index contributed by atoms with van der Waals surface area (Å²) >= 11 is 1.14. The summed E-state index contributed by atoms with van der Waals surface area (Å²) in [6.07, 6.45) is 0.918. The lowest BCUT2D eigenvalue weighted by Gasteiger charge is -2.26. The van der Waals surface area contributed by atoms with E-state index in [4.69, 9.17) is 20.9 Å². The third kappa shape index (κ3) is 2.90. The number of furan rings is 1. The zero-order valence-electron chi connectivity index (χ0n) is 15.3. The molecule has 0 bridgehead atoms. The number of nitrogen functional groups attached to an aromatic ring is 1. The smallest absolute Gasteiger partial charge is 0.260 e. The van der Waals surface area contributed by atoms with Crippen LogP contribution in [0.15, 0.2) is 34.7 Å². The van der Waals surface area contributed by atoms with Crippen molar-refractivity contribution in [3.63, 3.8) is 0 Å². The van der Waals surface area contributed by atoms with Gasteiger partial charge in [0.2, 0.25) is 5.95 Å². The molecule has 3 aromatic heterocycles. The third-order valence-electron chi connectivity index (χ3n) is 5.06. The van der Waals surface area contributed by atoms with E-state index in [-0.39, 0.29) is 16.3 Å². The van der Waals surface area contributed by atoms with Gasteiger partial charge < -0.3 is 20.8 Å². The summed E-state index contributed by atoms with van der Waals surface area (Å²) in [4.78, 5) is 35.6. The summed E-state index contributed by atoms with van der Waals surface area (Å²) in [5.74, 6) is 0.647. The van der Waals surface area contributed by atoms with Crippen molar-refractivity contribution in [2.45, 2.75) is 12.8 Å². The Balaban J connectivity index is 1.74. The zero-order chi connectivity index (χ0) is 20.1. The maximum Gasteiger partial charge on any atom is 0.260 e. The van der Waals surface area contributed by atoms with Crippen molar-refractivity contribution in [1.29, 1.82) is 0 Å². The van der Waals surface area contributed by atoms with Gasteiger partial charge in [0.05, 0.1) is 11.1 Å². The molecule has 0 spiro atoms. The molecule has 4 aromatic rings. The second-order valence-corrected chi connectivity index (χ2v) is 7.93. The lowest BCUT2D eigenvalue weighted by atomic mass is 10.1. The van der Waals surface area contributed by atoms with Crippen LogP contribution in [0.1, 0.15) is 22.5 Å². The highest BCUT2D eigenvalue weighted by Gasteiger charge is 2.25. The topological polar surface area (TPSA) is 128 Å². The molecule has 4 N–H and O–H groups in total. The molecular weight excluding hydrogens is 390 g/mol. The summed E-state index contributed by atoms with van der Waals surface area (Å²) in [5, 5.41) is 1.49. The Labute approximate surface area is 169 Å². The lowest BCUT2D eigenvalue weighted by molar-refractivity contribution is -0.119. The van der Waals surface area contributed by atoms with Crippen molar-refractivity contribution in [3.8, 4) is 11.5 Å². The minimum atomic E-state index is -0.605. The van der Waals surface area contributed by atoms with Crippen LogP contribution in [0.2, 0.25) is 0 Å². The van der Waals surface area contributed by atoms with E-state index in [2.05, 4.69) is 4.98 Å². The Hall–Kier alpha value is -3.46. The summed E-state index contributed by atoms with van der Waals surface area (Å²) in [6, 6.07) is 9.54. The number of benzene rings is 1. The molecule has 1 saturated heterocycles. The molecule has 0 atom stereocenters. The van der Waals surface area contributed by atoms with Crippen LogP contribution in [-0.4, -0.2) is 34.7 Å². The Bertz CT molecular complexity index is 1250. The number of fused-ring (bicyclic) bond motifs is 2. The van der Waals surface area contributed by atoms with Crippen LogP contribution < -0.4 is 16.4 Å². The van der Waals surface area contributed by atoms with Gasteiger partial charge >= 0.3 is 0 Å². The minimum absolute atomic E-state index is 0.233. The fourth-order valence-corrected chi connectivity index (χ4v) is 4.51. The highest BCUT2D eigenvalue weighted by atomic mass is 32.1. The first-order chi connectivity index (χ1) is 14.0. The zero-order valence-corrected chi connectivity index (χ0v) is 16.2. The highest BCUT2D eigenvalue weighted by Crippen LogP contribution is 2.40. The van der Waals surface area contributed by atoms with Gasteiger partial charge in [0.1, 0.15) is 26.8 Å². The maximum absolute atomic E-state index is 11.8. The second-order valence-electron chi connectivity index (χ2n) is 6.94. The average molecular weight is 407 g/mol. The monoisotopic (exact) mass is 407 g/mol. The molecule has 1 fully saturated rings. The van der Waals surface area contributed by atoms with Crippen LogP contribution in [0, 0.1) is 0 Å². The molecule has 146 valence electrons. The van der Waals surface area contributed by atoms with Gasteiger partial charge in [-0.1, -0.05) is 18.2 Å². The van der Waals surface area contributed by atoms with Crippen LogP contribution in [-0.2, 0) is 4.79 Å². The number of carbonyl (C=O) groups is 2. The van der Waals surface area contributed by atoms with E-state index in [9.17, 15) is 9.59 Å². The van der Waals surface area contributed by atoms with Gasteiger partial charge in [-0.25, -0.2) is 9.97 Å². The number of Topliss-reactive ketones (excluding diaryl/α,β-unsaturated/α-hetero) is 1. The van der Waals surface area contributed by atoms with Gasteiger partial charge in [-0.15, -0.1) is 11.3 Å². The van der Waals surface area contributed by atoms with Crippen LogP contribution in [0.4, 0.5) is 11.6 Å². The van der Waals surface area contributed by atoms with Crippen molar-refractivity contribution in [1.82, 2.24) is 9.97 Å². The number of nitrogens with two attached hydrogens (primary N) is 2. The molecule has 0 unspecified atom stereocenters. The van der Waals surface area contributed by atoms with E-state index in [1.807, 2.05) is 35.2 Å². The molecule has 8 nitrogen and oxygen atoms in total. The summed E-state index contributed by atoms with van der Waals surface area (Å²) < 4.78 is 6.02. The second kappa shape index (κ2) is 6.56. The van der Waals surface area contributed by atoms with Gasteiger partial charge in [0.25, 0.3) is 5.91 Å². The Morgan fingerprint density at radius 1 is 1.17 bits per heavy atom. The summed E-state index contributed by atoms with van der Waals surface area (Å²) in [6.45, 7) is 1.10. The lowest BCUT2D eigenvalue weighted by Crippen LogP contribution is -2.35. The summed E-state index contributed by atoms with van der Waals surface area (Å²) in [5.41, 5.74) is 13.2. The van der Waals surface area contributed by atoms with Crippen molar-refractivity contribution < 1.29 is 14.0 Å². The number of para-hydroxylation sites is 1. The number of hydrogen-bond acceptors (Lipinski definition) is 8. The van der Waals surface area contributed by atoms with Gasteiger partial charge in [-0.3, -0.25) is 9.59 Å². The fraction of sp³-hybridized carbons (Fsp3) is 0.200. The molecule has 1 aliphatic heterocycles. The van der Waals surface area contributed by atoms with Crippen LogP contribution >= 0.6 is 11.3 Å². The fourth-order valence-electron chi connectivity index (χ4n) is 3.57. The maximum atomic E-state index is 11.8. The van der Waals surface area contributed by atoms with E-state index in [0.29, 0.717) is 53.6 Å². The Morgan fingerprint density at radius 3 is 2.66 bits per heavy atom. The number of hydrogen-bond donors (Lipinski definition) is 2. The van der Waals surface area contributed by atoms with Crippen LogP contribution in [0.3, 0.4) is 0 Å². The van der Waals surface area contributed by atoms with Crippen molar-refractivity contribution in [2.24, 2.45) is 5.73 Å². The van der Waals surface area contributed by atoms with Gasteiger partial charge in [-0.05, 0) is 12.1 Å². The summed E-state index contributed by atoms with van der Waals surface area (Å²) in [7, 11) is 0. The molecule has 4 heterocycles. The van der Waals surface area contributed by atoms with Crippen molar-refractivity contribution in [2.75, 3.05) is 23.7 Å². The normalized spacial score (nSPS) is 14.8. The SMILES string of the molecule is NC(=O)c1sc2nc(N3CCC(=O)CC3)nc(-c3cc4ccccc4o3)c2c1N. The van der Waals surface area contributed by atoms with Crippen LogP contribution in [0.5, 0.6) is 0 Å². The number of ketones is 1. The largest absolute Gasteiger partial charge is 0.454 e. The first kappa shape index (κ1) is 17.6. The van der Waals surface area contributed by atoms with Crippen LogP contribution in [0.25, 0.3) is 32.6 Å². The predicted octanol–water partition coefficient (Wildman–Crippen LogP) is 2.95. The number of carbonyl (C=O) groups excluding carboxylic acids is 2. The quantitative estimate of drug-likeness (QED) is 0.534. The third-order valence-corrected chi connectivity index (χ3v) is 6.18. The number of piperidine rings is 1. The number of amides is 1. The van der Waals surface area contributed by atoms with Gasteiger partial charge in [0.15, 0.2) is 5.76 Å². The van der Waals surface area contributed by atoms with Crippen molar-refractivity contribution >= 4 is 55.8 Å². The minimum Gasteiger partial charge on any atom is -0.454 e. The number of nitrogens with zero attached hydrogens (tertiary/aromatic N) is 3. The number of rotatable bonds is 3. The number of primary amides is 1. The molecule has 0 radical (unpaired) electrons. The van der Waals surface area contributed by atoms with E-state index >= 15 is 0 Å². The van der Waals surface area contributed by atoms with Gasteiger partial charge in [0, 0.05) is 31.3 Å². The number of anilines is 2. The molecule has 5 rings (SSSR count). The molecule has 0 aliphatic carbocycles. The van der Waals surface area contributed by atoms with Crippen molar-refractivity contribution in [3.05, 3.63) is 35.2 Å². The molecule has 0 saturated carbocycles. The molecule has 1 amide bonds. The standard InChI is InChI=1S/C20H17N5O3S/c21-15-14-16(13-9-10-3-1-2-4-12(10)28-13)23-20(25-7-5-11(26)6-8-25)24-19(14)29-17(15)18(22)27/h1-4,9H,5-8,21H2,(H2,22,27). The first-order valence-corrected chi connectivity index (χ1v) is 9.98. The highest BCUT2D eigenvalue weighted by molar-refractivity contribution is 7.21. The molecule has 29 heavy (non-hydrogen) atoms. The predicted molar refractivity (Wildman–Crippen MR) is 112 cm³/mol. The number of thiophene rings is 1. The first-order valence-electron chi connectivity index (χ1n) is 9.16. The molecular formula is C20H17N5O3S. The van der Waals surface area contributed by atoms with E-state index in [1.165, 1.54) is 0 Å².